The van der Waals surface area contributed by atoms with E-state index in [2.05, 4.69) is 43.4 Å². The number of hydrogen-bond donors (Lipinski definition) is 3. The van der Waals surface area contributed by atoms with E-state index in [1.165, 1.54) is 5.56 Å². The Bertz CT molecular complexity index is 679. The quantitative estimate of drug-likeness (QED) is 0.638. The molecule has 0 aromatic heterocycles. The monoisotopic (exact) mass is 388 g/mol. The predicted octanol–water partition coefficient (Wildman–Crippen LogP) is 2.96. The largest absolute Gasteiger partial charge is 0.369 e. The van der Waals surface area contributed by atoms with Gasteiger partial charge in [0, 0.05) is 18.6 Å². The maximum Gasteiger partial charge on any atom is 0.314 e. The Kier molecular flexibility index (Phi) is 6.75. The first-order valence-electron chi connectivity index (χ1n) is 10.2. The number of hydrogen-bond acceptors (Lipinski definition) is 3. The molecule has 1 aliphatic rings. The Morgan fingerprint density at radius 1 is 1.11 bits per heavy atom. The summed E-state index contributed by atoms with van der Waals surface area (Å²) in [6.45, 7) is 9.53. The average molecular weight is 389 g/mol. The van der Waals surface area contributed by atoms with Crippen molar-refractivity contribution < 1.29 is 9.59 Å². The third-order valence-electron chi connectivity index (χ3n) is 6.29. The molecule has 0 unspecified atom stereocenters. The first kappa shape index (κ1) is 22.2. The Morgan fingerprint density at radius 3 is 2.14 bits per heavy atom. The highest BCUT2D eigenvalue weighted by atomic mass is 16.2. The van der Waals surface area contributed by atoms with Crippen molar-refractivity contribution in [2.45, 2.75) is 58.9 Å². The highest BCUT2D eigenvalue weighted by Crippen LogP contribution is 2.46. The van der Waals surface area contributed by atoms with Crippen molar-refractivity contribution in [3.63, 3.8) is 0 Å². The van der Waals surface area contributed by atoms with Crippen molar-refractivity contribution in [1.29, 1.82) is 0 Å². The van der Waals surface area contributed by atoms with Crippen molar-refractivity contribution in [2.75, 3.05) is 19.6 Å². The number of urea groups is 1. The second-order valence-electron chi connectivity index (χ2n) is 9.23. The zero-order valence-corrected chi connectivity index (χ0v) is 17.8. The maximum atomic E-state index is 12.1. The number of carbonyl (C=O) groups excluding carboxylic acids is 2. The highest BCUT2D eigenvalue weighted by Gasteiger charge is 2.42. The number of nitrogens with one attached hydrogen (secondary N) is 1. The van der Waals surface area contributed by atoms with E-state index in [1.54, 1.807) is 18.7 Å². The average Bonchev–Trinajstić information content (AvgIpc) is 2.64. The van der Waals surface area contributed by atoms with E-state index in [9.17, 15) is 9.59 Å². The lowest BCUT2D eigenvalue weighted by Gasteiger charge is -2.47. The van der Waals surface area contributed by atoms with E-state index in [1.807, 2.05) is 6.07 Å². The third kappa shape index (κ3) is 5.04. The van der Waals surface area contributed by atoms with Crippen LogP contribution in [-0.4, -0.2) is 36.5 Å². The molecular formula is C22H36N4O2. The van der Waals surface area contributed by atoms with E-state index in [4.69, 9.17) is 11.5 Å². The molecule has 28 heavy (non-hydrogen) atoms. The summed E-state index contributed by atoms with van der Waals surface area (Å²) < 4.78 is 0. The molecule has 0 radical (unpaired) electrons. The van der Waals surface area contributed by atoms with Crippen LogP contribution in [0, 0.1) is 10.8 Å². The van der Waals surface area contributed by atoms with E-state index in [-0.39, 0.29) is 17.5 Å². The van der Waals surface area contributed by atoms with Crippen molar-refractivity contribution in [3.05, 3.63) is 35.9 Å². The Labute approximate surface area is 169 Å². The van der Waals surface area contributed by atoms with Gasteiger partial charge in [0.05, 0.1) is 5.41 Å². The number of amides is 3. The van der Waals surface area contributed by atoms with Gasteiger partial charge in [0.2, 0.25) is 5.91 Å². The fourth-order valence-electron chi connectivity index (χ4n) is 4.33. The normalized spacial score (nSPS) is 25.3. The first-order chi connectivity index (χ1) is 13.0. The van der Waals surface area contributed by atoms with E-state index in [0.29, 0.717) is 6.54 Å². The van der Waals surface area contributed by atoms with Gasteiger partial charge in [-0.15, -0.1) is 0 Å². The molecule has 5 N–H and O–H groups in total. The predicted molar refractivity (Wildman–Crippen MR) is 113 cm³/mol. The molecule has 1 aromatic carbocycles. The van der Waals surface area contributed by atoms with Crippen LogP contribution >= 0.6 is 0 Å². The second-order valence-corrected chi connectivity index (χ2v) is 9.23. The highest BCUT2D eigenvalue weighted by molar-refractivity contribution is 5.81. The minimum absolute atomic E-state index is 0.0282. The Hall–Kier alpha value is -2.08. The smallest absolute Gasteiger partial charge is 0.314 e. The molecule has 1 aromatic rings. The number of carbonyl (C=O) groups is 2. The van der Waals surface area contributed by atoms with Crippen molar-refractivity contribution in [2.24, 2.45) is 22.3 Å². The lowest BCUT2D eigenvalue weighted by Crippen LogP contribution is -2.53. The van der Waals surface area contributed by atoms with Crippen LogP contribution in [0.4, 0.5) is 4.79 Å². The van der Waals surface area contributed by atoms with Crippen LogP contribution in [0.5, 0.6) is 0 Å². The van der Waals surface area contributed by atoms with Crippen molar-refractivity contribution in [1.82, 2.24) is 10.2 Å². The molecule has 3 amide bonds. The number of benzene rings is 1. The topological polar surface area (TPSA) is 101 Å². The number of primary amides is 2. The summed E-state index contributed by atoms with van der Waals surface area (Å²) in [7, 11) is 0. The molecule has 0 spiro atoms. The molecule has 0 atom stereocenters. The minimum atomic E-state index is -0.808. The standard InChI is InChI=1S/C22H36N4O2/c1-5-25-22(17-9-7-6-8-10-17)13-11-21(4,12-14-22)16-26(19(24)28)15-20(2,3)18(23)27/h6-10,25H,5,11-16H2,1-4H3,(H2,23,27)(H2,24,28). The summed E-state index contributed by atoms with van der Waals surface area (Å²) in [4.78, 5) is 25.3. The molecule has 2 rings (SSSR count). The molecule has 0 saturated heterocycles. The van der Waals surface area contributed by atoms with Crippen molar-refractivity contribution in [3.8, 4) is 0 Å². The van der Waals surface area contributed by atoms with Gasteiger partial charge in [-0.25, -0.2) is 4.79 Å². The van der Waals surface area contributed by atoms with Gasteiger partial charge in [0.25, 0.3) is 0 Å². The first-order valence-corrected chi connectivity index (χ1v) is 10.2. The van der Waals surface area contributed by atoms with Gasteiger partial charge in [-0.05, 0) is 57.1 Å². The van der Waals surface area contributed by atoms with Crippen LogP contribution in [0.25, 0.3) is 0 Å². The lowest BCUT2D eigenvalue weighted by atomic mass is 9.65. The van der Waals surface area contributed by atoms with E-state index >= 15 is 0 Å². The van der Waals surface area contributed by atoms with Gasteiger partial charge >= 0.3 is 6.03 Å². The van der Waals surface area contributed by atoms with Gasteiger partial charge in [0.1, 0.15) is 0 Å². The number of nitrogens with zero attached hydrogens (tertiary/aromatic N) is 1. The SMILES string of the molecule is CCNC1(c2ccccc2)CCC(C)(CN(CC(C)(C)C(N)=O)C(N)=O)CC1. The van der Waals surface area contributed by atoms with Gasteiger partial charge in [-0.2, -0.15) is 0 Å². The second kappa shape index (κ2) is 8.52. The molecular weight excluding hydrogens is 352 g/mol. The van der Waals surface area contributed by atoms with Crippen LogP contribution in [-0.2, 0) is 10.3 Å². The van der Waals surface area contributed by atoms with Crippen LogP contribution < -0.4 is 16.8 Å². The summed E-state index contributed by atoms with van der Waals surface area (Å²) in [6.07, 6.45) is 3.92. The van der Waals surface area contributed by atoms with Crippen LogP contribution in [0.1, 0.15) is 58.9 Å². The van der Waals surface area contributed by atoms with Crippen LogP contribution in [0.3, 0.4) is 0 Å². The fourth-order valence-corrected chi connectivity index (χ4v) is 4.33. The maximum absolute atomic E-state index is 12.1. The summed E-state index contributed by atoms with van der Waals surface area (Å²) >= 11 is 0. The van der Waals surface area contributed by atoms with E-state index < -0.39 is 17.4 Å². The van der Waals surface area contributed by atoms with E-state index in [0.717, 1.165) is 32.2 Å². The minimum Gasteiger partial charge on any atom is -0.369 e. The van der Waals surface area contributed by atoms with Crippen LogP contribution in [0.15, 0.2) is 30.3 Å². The molecule has 156 valence electrons. The molecule has 1 saturated carbocycles. The summed E-state index contributed by atoms with van der Waals surface area (Å²) in [5, 5.41) is 3.71. The van der Waals surface area contributed by atoms with Gasteiger partial charge in [-0.3, -0.25) is 4.79 Å². The molecule has 1 fully saturated rings. The van der Waals surface area contributed by atoms with Gasteiger partial charge in [-0.1, -0.05) is 44.2 Å². The van der Waals surface area contributed by atoms with Crippen molar-refractivity contribution >= 4 is 11.9 Å². The van der Waals surface area contributed by atoms with Gasteiger partial charge in [0.15, 0.2) is 0 Å². The summed E-state index contributed by atoms with van der Waals surface area (Å²) in [5.41, 5.74) is 11.6. The van der Waals surface area contributed by atoms with Crippen LogP contribution in [0.2, 0.25) is 0 Å². The lowest BCUT2D eigenvalue weighted by molar-refractivity contribution is -0.126. The van der Waals surface area contributed by atoms with Gasteiger partial charge < -0.3 is 21.7 Å². The Morgan fingerprint density at radius 2 is 1.68 bits per heavy atom. The molecule has 0 aliphatic heterocycles. The summed E-state index contributed by atoms with van der Waals surface area (Å²) in [6, 6.07) is 10.1. The summed E-state index contributed by atoms with van der Waals surface area (Å²) in [5.74, 6) is -0.428. The molecule has 1 aliphatic carbocycles. The number of rotatable bonds is 8. The zero-order chi connectivity index (χ0) is 21.0. The Balaban J connectivity index is 2.13. The third-order valence-corrected chi connectivity index (χ3v) is 6.29. The molecule has 0 heterocycles. The fraction of sp³-hybridized carbons (Fsp3) is 0.636. The molecule has 0 bridgehead atoms. The zero-order valence-electron chi connectivity index (χ0n) is 17.8. The number of nitrogens with two attached hydrogens (primary N) is 2. The molecule has 6 heteroatoms. The molecule has 6 nitrogen and oxygen atoms in total.